The van der Waals surface area contributed by atoms with Gasteiger partial charge in [0.15, 0.2) is 0 Å². The van der Waals surface area contributed by atoms with Crippen LogP contribution in [0.4, 0.5) is 0 Å². The second kappa shape index (κ2) is 7.67. The Labute approximate surface area is 187 Å². The largest absolute Gasteiger partial charge is 0.395 e. The predicted molar refractivity (Wildman–Crippen MR) is 120 cm³/mol. The first-order valence-electron chi connectivity index (χ1n) is 11.0. The van der Waals surface area contributed by atoms with Crippen LogP contribution in [0.2, 0.25) is 0 Å². The van der Waals surface area contributed by atoms with Crippen molar-refractivity contribution in [2.75, 3.05) is 12.4 Å². The van der Waals surface area contributed by atoms with Gasteiger partial charge in [-0.15, -0.1) is 0 Å². The minimum Gasteiger partial charge on any atom is -0.395 e. The van der Waals surface area contributed by atoms with E-state index in [9.17, 15) is 23.1 Å². The SMILES string of the molecule is CC1CCCc2c1ccc1c2C(=O)C(=O)C2C(c3ccccc3)=CN(S(=O)(=O)CCO)C12. The lowest BCUT2D eigenvalue weighted by molar-refractivity contribution is -0.118. The summed E-state index contributed by atoms with van der Waals surface area (Å²) >= 11 is 0. The van der Waals surface area contributed by atoms with Crippen molar-refractivity contribution in [1.82, 2.24) is 4.31 Å². The number of rotatable bonds is 4. The highest BCUT2D eigenvalue weighted by atomic mass is 32.2. The van der Waals surface area contributed by atoms with E-state index in [0.717, 1.165) is 24.0 Å². The molecule has 1 aliphatic heterocycles. The van der Waals surface area contributed by atoms with Gasteiger partial charge in [0.2, 0.25) is 21.6 Å². The number of benzene rings is 2. The summed E-state index contributed by atoms with van der Waals surface area (Å²) in [4.78, 5) is 26.9. The Kier molecular flexibility index (Phi) is 5.06. The molecular weight excluding hydrogens is 426 g/mol. The van der Waals surface area contributed by atoms with Crippen molar-refractivity contribution < 1.29 is 23.1 Å². The lowest BCUT2D eigenvalue weighted by atomic mass is 9.70. The highest BCUT2D eigenvalue weighted by Gasteiger charge is 2.52. The zero-order valence-electron chi connectivity index (χ0n) is 17.8. The van der Waals surface area contributed by atoms with Crippen molar-refractivity contribution in [3.63, 3.8) is 0 Å². The molecule has 0 radical (unpaired) electrons. The van der Waals surface area contributed by atoms with Gasteiger partial charge in [-0.3, -0.25) is 13.9 Å². The molecule has 0 saturated carbocycles. The van der Waals surface area contributed by atoms with Gasteiger partial charge in [-0.05, 0) is 53.0 Å². The van der Waals surface area contributed by atoms with Crippen molar-refractivity contribution in [2.24, 2.45) is 5.92 Å². The highest BCUT2D eigenvalue weighted by Crippen LogP contribution is 2.51. The summed E-state index contributed by atoms with van der Waals surface area (Å²) in [6.07, 6.45) is 4.15. The number of nitrogens with zero attached hydrogens (tertiary/aromatic N) is 1. The molecule has 2 aromatic carbocycles. The fourth-order valence-corrected chi connectivity index (χ4v) is 6.80. The first-order valence-corrected chi connectivity index (χ1v) is 12.6. The van der Waals surface area contributed by atoms with E-state index in [1.54, 1.807) is 0 Å². The summed E-state index contributed by atoms with van der Waals surface area (Å²) in [5.41, 5.74) is 4.19. The predicted octanol–water partition coefficient (Wildman–Crippen LogP) is 3.23. The number of carbonyl (C=O) groups excluding carboxylic acids is 2. The van der Waals surface area contributed by atoms with Gasteiger partial charge in [0.25, 0.3) is 0 Å². The highest BCUT2D eigenvalue weighted by molar-refractivity contribution is 7.89. The summed E-state index contributed by atoms with van der Waals surface area (Å²) < 4.78 is 27.5. The maximum atomic E-state index is 13.5. The molecule has 166 valence electrons. The Balaban J connectivity index is 1.74. The number of hydrogen-bond acceptors (Lipinski definition) is 5. The average Bonchev–Trinajstić information content (AvgIpc) is 3.20. The van der Waals surface area contributed by atoms with Crippen molar-refractivity contribution in [3.05, 3.63) is 76.5 Å². The lowest BCUT2D eigenvalue weighted by Crippen LogP contribution is -2.42. The number of carbonyl (C=O) groups is 2. The third-order valence-electron chi connectivity index (χ3n) is 7.00. The topological polar surface area (TPSA) is 91.8 Å². The molecule has 32 heavy (non-hydrogen) atoms. The molecule has 0 saturated heterocycles. The molecule has 0 bridgehead atoms. The Hall–Kier alpha value is -2.77. The van der Waals surface area contributed by atoms with Gasteiger partial charge in [0.05, 0.1) is 24.3 Å². The summed E-state index contributed by atoms with van der Waals surface area (Å²) in [5.74, 6) is -2.14. The number of aliphatic hydroxyl groups is 1. The molecule has 0 fully saturated rings. The van der Waals surface area contributed by atoms with Crippen molar-refractivity contribution in [3.8, 4) is 0 Å². The summed E-state index contributed by atoms with van der Waals surface area (Å²) in [6.45, 7) is 1.59. The standard InChI is InChI=1S/C25H25NO5S/c1-15-6-5-9-18-17(15)10-11-19-21(18)24(28)25(29)22-20(16-7-3-2-4-8-16)14-26(23(19)22)32(30,31)13-12-27/h2-4,7-8,10-11,14-15,22-23,27H,5-6,9,12-13H2,1H3. The van der Waals surface area contributed by atoms with Gasteiger partial charge in [0, 0.05) is 11.8 Å². The van der Waals surface area contributed by atoms with Gasteiger partial charge in [-0.2, -0.15) is 0 Å². The number of fused-ring (bicyclic) bond motifs is 5. The number of Topliss-reactive ketones (excluding diaryl/α,β-unsaturated/α-hetero) is 2. The summed E-state index contributed by atoms with van der Waals surface area (Å²) in [5, 5.41) is 9.37. The Bertz CT molecular complexity index is 1250. The number of aliphatic hydroxyl groups excluding tert-OH is 1. The fourth-order valence-electron chi connectivity index (χ4n) is 5.51. The molecule has 2 aliphatic carbocycles. The van der Waals surface area contributed by atoms with Gasteiger partial charge in [-0.25, -0.2) is 8.42 Å². The minimum atomic E-state index is -3.89. The number of sulfonamides is 1. The van der Waals surface area contributed by atoms with E-state index >= 15 is 0 Å². The van der Waals surface area contributed by atoms with Crippen LogP contribution in [-0.2, 0) is 21.2 Å². The molecule has 3 atom stereocenters. The quantitative estimate of drug-likeness (QED) is 0.721. The Morgan fingerprint density at radius 2 is 1.78 bits per heavy atom. The molecular formula is C25H25NO5S. The van der Waals surface area contributed by atoms with Crippen LogP contribution in [0.15, 0.2) is 48.7 Å². The first-order chi connectivity index (χ1) is 15.3. The fraction of sp³-hybridized carbons (Fsp3) is 0.360. The average molecular weight is 452 g/mol. The van der Waals surface area contributed by atoms with Crippen LogP contribution >= 0.6 is 0 Å². The van der Waals surface area contributed by atoms with Crippen LogP contribution in [0.5, 0.6) is 0 Å². The number of ketones is 2. The molecule has 1 heterocycles. The number of hydrogen-bond donors (Lipinski definition) is 1. The van der Waals surface area contributed by atoms with Gasteiger partial charge in [-0.1, -0.05) is 49.4 Å². The van der Waals surface area contributed by atoms with Crippen molar-refractivity contribution in [1.29, 1.82) is 0 Å². The lowest BCUT2D eigenvalue weighted by Gasteiger charge is -2.36. The van der Waals surface area contributed by atoms with Gasteiger partial charge >= 0.3 is 0 Å². The van der Waals surface area contributed by atoms with E-state index in [-0.39, 0.29) is 0 Å². The molecule has 0 spiro atoms. The van der Waals surface area contributed by atoms with Crippen LogP contribution < -0.4 is 0 Å². The molecule has 5 rings (SSSR count). The van der Waals surface area contributed by atoms with Crippen LogP contribution in [0, 0.1) is 5.92 Å². The summed E-state index contributed by atoms with van der Waals surface area (Å²) in [7, 11) is -3.89. The monoisotopic (exact) mass is 451 g/mol. The summed E-state index contributed by atoms with van der Waals surface area (Å²) in [6, 6.07) is 12.1. The molecule has 7 heteroatoms. The van der Waals surface area contributed by atoms with Crippen LogP contribution in [-0.4, -0.2) is 41.8 Å². The Morgan fingerprint density at radius 1 is 1.06 bits per heavy atom. The molecule has 3 aliphatic rings. The molecule has 2 aromatic rings. The normalized spacial score (nSPS) is 24.6. The smallest absolute Gasteiger partial charge is 0.237 e. The van der Waals surface area contributed by atoms with Crippen molar-refractivity contribution in [2.45, 2.75) is 38.1 Å². The third kappa shape index (κ3) is 3.06. The van der Waals surface area contributed by atoms with Crippen molar-refractivity contribution >= 4 is 27.2 Å². The van der Waals surface area contributed by atoms with Gasteiger partial charge in [0.1, 0.15) is 0 Å². The molecule has 6 nitrogen and oxygen atoms in total. The third-order valence-corrected chi connectivity index (χ3v) is 8.67. The molecule has 1 N–H and O–H groups in total. The van der Waals surface area contributed by atoms with E-state index in [0.29, 0.717) is 34.6 Å². The van der Waals surface area contributed by atoms with Crippen LogP contribution in [0.1, 0.15) is 64.3 Å². The van der Waals surface area contributed by atoms with Crippen LogP contribution in [0.25, 0.3) is 5.57 Å². The van der Waals surface area contributed by atoms with E-state index < -0.39 is 45.9 Å². The second-order valence-corrected chi connectivity index (χ2v) is 10.8. The van der Waals surface area contributed by atoms with Crippen LogP contribution in [0.3, 0.4) is 0 Å². The molecule has 0 aromatic heterocycles. The zero-order chi connectivity index (χ0) is 22.6. The van der Waals surface area contributed by atoms with E-state index in [1.165, 1.54) is 10.5 Å². The molecule has 3 unspecified atom stereocenters. The maximum Gasteiger partial charge on any atom is 0.237 e. The first kappa shape index (κ1) is 21.1. The van der Waals surface area contributed by atoms with E-state index in [4.69, 9.17) is 0 Å². The molecule has 0 amide bonds. The minimum absolute atomic E-state index is 0.292. The van der Waals surface area contributed by atoms with Gasteiger partial charge < -0.3 is 5.11 Å². The zero-order valence-corrected chi connectivity index (χ0v) is 18.6. The second-order valence-electron chi connectivity index (χ2n) is 8.83. The Morgan fingerprint density at radius 3 is 2.50 bits per heavy atom. The van der Waals surface area contributed by atoms with E-state index in [2.05, 4.69) is 6.92 Å². The van der Waals surface area contributed by atoms with E-state index in [1.807, 2.05) is 42.5 Å². The maximum absolute atomic E-state index is 13.5.